The van der Waals surface area contributed by atoms with Crippen LogP contribution in [0.5, 0.6) is 0 Å². The van der Waals surface area contributed by atoms with Gasteiger partial charge >= 0.3 is 0 Å². The molecule has 0 radical (unpaired) electrons. The van der Waals surface area contributed by atoms with Crippen LogP contribution in [0.15, 0.2) is 59.6 Å². The zero-order chi connectivity index (χ0) is 25.2. The maximum Gasteiger partial charge on any atom is 0.283 e. The summed E-state index contributed by atoms with van der Waals surface area (Å²) >= 11 is 0. The molecule has 3 heterocycles. The van der Waals surface area contributed by atoms with E-state index in [2.05, 4.69) is 10.1 Å². The zero-order valence-corrected chi connectivity index (χ0v) is 20.1. The minimum absolute atomic E-state index is 0.0259. The van der Waals surface area contributed by atoms with Crippen LogP contribution < -0.4 is 9.80 Å². The molecule has 11 heteroatoms. The molecule has 2 aromatic carbocycles. The van der Waals surface area contributed by atoms with Gasteiger partial charge in [-0.1, -0.05) is 17.7 Å². The maximum absolute atomic E-state index is 15.2. The predicted molar refractivity (Wildman–Crippen MR) is 129 cm³/mol. The van der Waals surface area contributed by atoms with Crippen LogP contribution in [-0.2, 0) is 10.0 Å². The second-order valence-electron chi connectivity index (χ2n) is 9.40. The Kier molecular flexibility index (Phi) is 5.05. The van der Waals surface area contributed by atoms with Crippen molar-refractivity contribution in [1.29, 1.82) is 0 Å². The normalized spacial score (nSPS) is 17.2. The quantitative estimate of drug-likeness (QED) is 0.406. The second-order valence-corrected chi connectivity index (χ2v) is 11.2. The molecule has 2 aromatic heterocycles. The summed E-state index contributed by atoms with van der Waals surface area (Å²) in [5.74, 6) is -1.38. The van der Waals surface area contributed by atoms with Gasteiger partial charge in [0.2, 0.25) is 0 Å². The lowest BCUT2D eigenvalue weighted by atomic mass is 10.1. The molecule has 4 aromatic rings. The summed E-state index contributed by atoms with van der Waals surface area (Å²) in [6.45, 7) is 3.26. The first-order valence-corrected chi connectivity index (χ1v) is 13.0. The number of aromatic nitrogens is 3. The highest BCUT2D eigenvalue weighted by molar-refractivity contribution is 7.90. The van der Waals surface area contributed by atoms with Crippen LogP contribution in [0.4, 0.5) is 24.8 Å². The number of fused-ring (bicyclic) bond motifs is 1. The van der Waals surface area contributed by atoms with E-state index in [9.17, 15) is 17.2 Å². The third-order valence-corrected chi connectivity index (χ3v) is 8.57. The van der Waals surface area contributed by atoms with Gasteiger partial charge in [0.1, 0.15) is 23.3 Å². The van der Waals surface area contributed by atoms with E-state index in [0.29, 0.717) is 25.5 Å². The van der Waals surface area contributed by atoms with Crippen molar-refractivity contribution in [2.75, 3.05) is 29.4 Å². The third kappa shape index (κ3) is 3.60. The number of aryl methyl sites for hydroxylation is 1. The van der Waals surface area contributed by atoms with Gasteiger partial charge in [0.05, 0.1) is 27.5 Å². The van der Waals surface area contributed by atoms with Crippen molar-refractivity contribution in [3.63, 3.8) is 0 Å². The van der Waals surface area contributed by atoms with Crippen molar-refractivity contribution in [1.82, 2.24) is 14.2 Å². The summed E-state index contributed by atoms with van der Waals surface area (Å²) in [5, 5.41) is 4.36. The van der Waals surface area contributed by atoms with Gasteiger partial charge in [0.15, 0.2) is 5.82 Å². The topological polar surface area (TPSA) is 71.3 Å². The van der Waals surface area contributed by atoms with Crippen LogP contribution in [0.3, 0.4) is 0 Å². The van der Waals surface area contributed by atoms with Crippen LogP contribution >= 0.6 is 0 Å². The summed E-state index contributed by atoms with van der Waals surface area (Å²) in [5.41, 5.74) is 0.317. The number of halogens is 3. The van der Waals surface area contributed by atoms with E-state index in [1.807, 2.05) is 16.7 Å². The Morgan fingerprint density at radius 3 is 2.36 bits per heavy atom. The van der Waals surface area contributed by atoms with Crippen molar-refractivity contribution in [2.24, 2.45) is 0 Å². The van der Waals surface area contributed by atoms with E-state index < -0.39 is 33.0 Å². The lowest BCUT2D eigenvalue weighted by Gasteiger charge is -2.43. The molecule has 1 aliphatic carbocycles. The van der Waals surface area contributed by atoms with Crippen molar-refractivity contribution < 1.29 is 21.6 Å². The Bertz CT molecular complexity index is 1580. The molecule has 0 atom stereocenters. The smallest absolute Gasteiger partial charge is 0.283 e. The van der Waals surface area contributed by atoms with Gasteiger partial charge in [-0.15, -0.1) is 5.10 Å². The third-order valence-electron chi connectivity index (χ3n) is 6.97. The van der Waals surface area contributed by atoms with E-state index in [-0.39, 0.29) is 21.6 Å². The molecule has 6 rings (SSSR count). The molecule has 0 N–H and O–H groups in total. The molecule has 1 saturated carbocycles. The summed E-state index contributed by atoms with van der Waals surface area (Å²) in [7, 11) is -4.22. The van der Waals surface area contributed by atoms with Crippen LogP contribution in [0.2, 0.25) is 0 Å². The number of pyridine rings is 1. The van der Waals surface area contributed by atoms with Crippen molar-refractivity contribution in [3.8, 4) is 0 Å². The lowest BCUT2D eigenvalue weighted by molar-refractivity contribution is 0.500. The van der Waals surface area contributed by atoms with Gasteiger partial charge < -0.3 is 9.80 Å². The number of anilines is 2. The summed E-state index contributed by atoms with van der Waals surface area (Å²) < 4.78 is 70.6. The molecule has 2 fully saturated rings. The van der Waals surface area contributed by atoms with Crippen molar-refractivity contribution in [3.05, 3.63) is 77.7 Å². The molecule has 7 nitrogen and oxygen atoms in total. The minimum atomic E-state index is -4.22. The van der Waals surface area contributed by atoms with Gasteiger partial charge in [0.25, 0.3) is 10.0 Å². The lowest BCUT2D eigenvalue weighted by Crippen LogP contribution is -2.55. The number of nitrogens with zero attached hydrogens (tertiary/aromatic N) is 5. The largest absolute Gasteiger partial charge is 0.352 e. The Balaban J connectivity index is 1.45. The minimum Gasteiger partial charge on any atom is -0.352 e. The molecule has 186 valence electrons. The van der Waals surface area contributed by atoms with Crippen LogP contribution in [-0.4, -0.2) is 47.8 Å². The highest BCUT2D eigenvalue weighted by Gasteiger charge is 2.53. The summed E-state index contributed by atoms with van der Waals surface area (Å²) in [6.07, 6.45) is 2.73. The molecule has 1 spiro atoms. The molecule has 0 unspecified atom stereocenters. The highest BCUT2D eigenvalue weighted by Crippen LogP contribution is 2.48. The first-order chi connectivity index (χ1) is 17.2. The van der Waals surface area contributed by atoms with Crippen molar-refractivity contribution in [2.45, 2.75) is 30.2 Å². The van der Waals surface area contributed by atoms with Gasteiger partial charge in [-0.2, -0.15) is 12.5 Å². The predicted octanol–water partition coefficient (Wildman–Crippen LogP) is 4.25. The average Bonchev–Trinajstić information content (AvgIpc) is 3.48. The fourth-order valence-electron chi connectivity index (χ4n) is 4.94. The number of piperazine rings is 1. The monoisotopic (exact) mass is 513 g/mol. The standard InChI is InChI=1S/C25H22F3N5O2S/c1-16-2-5-19(6-3-16)36(34,35)33-21-13-18(27)12-20(28)23(21)24(30-33)32-11-10-31(15-25(32)8-9-25)22-7-4-17(26)14-29-22/h2-7,12-14H,8-11,15H2,1H3. The fraction of sp³-hybridized carbons (Fsp3) is 0.280. The van der Waals surface area contributed by atoms with Crippen LogP contribution in [0, 0.1) is 24.4 Å². The first kappa shape index (κ1) is 22.8. The molecule has 1 aliphatic heterocycles. The zero-order valence-electron chi connectivity index (χ0n) is 19.3. The SMILES string of the molecule is Cc1ccc(S(=O)(=O)n2nc(N3CCN(c4ccc(F)cn4)CC34CC4)c3c(F)cc(F)cc32)cc1. The highest BCUT2D eigenvalue weighted by atomic mass is 32.2. The summed E-state index contributed by atoms with van der Waals surface area (Å²) in [4.78, 5) is 8.11. The van der Waals surface area contributed by atoms with E-state index in [0.717, 1.165) is 40.8 Å². The molecule has 1 saturated heterocycles. The maximum atomic E-state index is 15.2. The molecular weight excluding hydrogens is 491 g/mol. The van der Waals surface area contributed by atoms with Gasteiger partial charge in [-0.05, 0) is 44.0 Å². The average molecular weight is 514 g/mol. The molecule has 2 aliphatic rings. The molecule has 0 amide bonds. The number of hydrogen-bond donors (Lipinski definition) is 0. The van der Waals surface area contributed by atoms with Gasteiger partial charge in [0, 0.05) is 31.8 Å². The second kappa shape index (κ2) is 7.95. The number of rotatable bonds is 4. The Labute approximate surface area is 205 Å². The van der Waals surface area contributed by atoms with Gasteiger partial charge in [-0.3, -0.25) is 0 Å². The van der Waals surface area contributed by atoms with E-state index >= 15 is 4.39 Å². The van der Waals surface area contributed by atoms with E-state index in [1.54, 1.807) is 18.2 Å². The first-order valence-electron chi connectivity index (χ1n) is 11.5. The molecule has 36 heavy (non-hydrogen) atoms. The van der Waals surface area contributed by atoms with Crippen LogP contribution in [0.1, 0.15) is 18.4 Å². The number of benzene rings is 2. The Morgan fingerprint density at radius 1 is 0.944 bits per heavy atom. The van der Waals surface area contributed by atoms with E-state index in [4.69, 9.17) is 0 Å². The van der Waals surface area contributed by atoms with Crippen LogP contribution in [0.25, 0.3) is 10.9 Å². The molecule has 0 bridgehead atoms. The van der Waals surface area contributed by atoms with Crippen molar-refractivity contribution >= 4 is 32.6 Å². The Hall–Kier alpha value is -3.60. The van der Waals surface area contributed by atoms with E-state index in [1.165, 1.54) is 18.2 Å². The fourth-order valence-corrected chi connectivity index (χ4v) is 6.20. The summed E-state index contributed by atoms with van der Waals surface area (Å²) in [6, 6.07) is 10.9. The number of hydrogen-bond acceptors (Lipinski definition) is 6. The molecular formula is C25H22F3N5O2S. The van der Waals surface area contributed by atoms with Gasteiger partial charge in [-0.25, -0.2) is 18.2 Å². The Morgan fingerprint density at radius 2 is 1.69 bits per heavy atom.